The van der Waals surface area contributed by atoms with E-state index in [2.05, 4.69) is 49.3 Å². The van der Waals surface area contributed by atoms with Crippen molar-refractivity contribution in [2.75, 3.05) is 12.4 Å². The molecule has 0 amide bonds. The average Bonchev–Trinajstić information content (AvgIpc) is 2.39. The van der Waals surface area contributed by atoms with E-state index in [9.17, 15) is 5.11 Å². The van der Waals surface area contributed by atoms with Crippen molar-refractivity contribution in [3.8, 4) is 11.5 Å². The molecule has 0 spiro atoms. The first-order valence-electron chi connectivity index (χ1n) is 6.06. The van der Waals surface area contributed by atoms with Crippen molar-refractivity contribution in [2.45, 2.75) is 13.5 Å². The summed E-state index contributed by atoms with van der Waals surface area (Å²) in [5, 5.41) is 12.9. The molecular formula is C15H15Br2NO2. The van der Waals surface area contributed by atoms with Crippen LogP contribution >= 0.6 is 31.9 Å². The second-order valence-corrected chi connectivity index (χ2v) is 6.17. The molecule has 0 fully saturated rings. The molecule has 2 aromatic rings. The molecule has 0 aliphatic rings. The van der Waals surface area contributed by atoms with Gasteiger partial charge in [0.2, 0.25) is 0 Å². The minimum Gasteiger partial charge on any atom is -0.504 e. The molecular weight excluding hydrogens is 386 g/mol. The second kappa shape index (κ2) is 6.50. The Labute approximate surface area is 135 Å². The number of hydrogen-bond acceptors (Lipinski definition) is 3. The normalized spacial score (nSPS) is 10.4. The van der Waals surface area contributed by atoms with Crippen molar-refractivity contribution in [2.24, 2.45) is 0 Å². The number of benzene rings is 2. The van der Waals surface area contributed by atoms with E-state index in [-0.39, 0.29) is 5.75 Å². The van der Waals surface area contributed by atoms with Crippen LogP contribution in [0.2, 0.25) is 0 Å². The van der Waals surface area contributed by atoms with E-state index in [1.807, 2.05) is 19.1 Å². The quantitative estimate of drug-likeness (QED) is 0.770. The number of halogens is 2. The zero-order chi connectivity index (χ0) is 14.7. The highest BCUT2D eigenvalue weighted by molar-refractivity contribution is 9.11. The number of hydrogen-bond donors (Lipinski definition) is 2. The molecule has 106 valence electrons. The highest BCUT2D eigenvalue weighted by Gasteiger charge is 2.07. The van der Waals surface area contributed by atoms with E-state index in [1.165, 1.54) is 5.56 Å². The molecule has 0 aromatic heterocycles. The zero-order valence-electron chi connectivity index (χ0n) is 11.2. The lowest BCUT2D eigenvalue weighted by molar-refractivity contribution is 0.373. The average molecular weight is 401 g/mol. The molecule has 0 heterocycles. The van der Waals surface area contributed by atoms with Crippen molar-refractivity contribution in [3.05, 3.63) is 50.4 Å². The molecule has 2 rings (SSSR count). The molecule has 2 N–H and O–H groups in total. The first-order valence-corrected chi connectivity index (χ1v) is 7.65. The molecule has 20 heavy (non-hydrogen) atoms. The lowest BCUT2D eigenvalue weighted by Crippen LogP contribution is -2.01. The van der Waals surface area contributed by atoms with Gasteiger partial charge < -0.3 is 15.2 Å². The van der Waals surface area contributed by atoms with Gasteiger partial charge in [0.25, 0.3) is 0 Å². The lowest BCUT2D eigenvalue weighted by Gasteiger charge is -2.13. The largest absolute Gasteiger partial charge is 0.504 e. The van der Waals surface area contributed by atoms with Crippen LogP contribution in [0.15, 0.2) is 39.3 Å². The number of aromatic hydroxyl groups is 1. The van der Waals surface area contributed by atoms with Gasteiger partial charge in [-0.1, -0.05) is 6.07 Å². The second-order valence-electron chi connectivity index (χ2n) is 4.46. The molecule has 2 aromatic carbocycles. The smallest absolute Gasteiger partial charge is 0.160 e. The Morgan fingerprint density at radius 2 is 1.80 bits per heavy atom. The Bertz CT molecular complexity index is 606. The first kappa shape index (κ1) is 15.2. The van der Waals surface area contributed by atoms with Gasteiger partial charge in [-0.05, 0) is 74.2 Å². The molecule has 0 aliphatic carbocycles. The predicted molar refractivity (Wildman–Crippen MR) is 88.6 cm³/mol. The van der Waals surface area contributed by atoms with Crippen LogP contribution in [-0.2, 0) is 6.54 Å². The summed E-state index contributed by atoms with van der Waals surface area (Å²) in [6.07, 6.45) is 0. The molecule has 0 aliphatic heterocycles. The number of nitrogens with one attached hydrogen (secondary N) is 1. The van der Waals surface area contributed by atoms with Gasteiger partial charge in [0, 0.05) is 15.5 Å². The summed E-state index contributed by atoms with van der Waals surface area (Å²) in [5.41, 5.74) is 3.21. The SMILES string of the molecule is COc1cc(CNc2c(Br)cc(C)cc2Br)ccc1O. The maximum absolute atomic E-state index is 9.58. The van der Waals surface area contributed by atoms with E-state index in [0.29, 0.717) is 12.3 Å². The monoisotopic (exact) mass is 399 g/mol. The zero-order valence-corrected chi connectivity index (χ0v) is 14.4. The van der Waals surface area contributed by atoms with Crippen molar-refractivity contribution in [3.63, 3.8) is 0 Å². The van der Waals surface area contributed by atoms with Crippen LogP contribution in [0.1, 0.15) is 11.1 Å². The fourth-order valence-corrected chi connectivity index (χ4v) is 3.59. The molecule has 0 atom stereocenters. The topological polar surface area (TPSA) is 41.5 Å². The van der Waals surface area contributed by atoms with E-state index in [4.69, 9.17) is 4.74 Å². The minimum atomic E-state index is 0.147. The molecule has 3 nitrogen and oxygen atoms in total. The van der Waals surface area contributed by atoms with Gasteiger partial charge in [-0.2, -0.15) is 0 Å². The summed E-state index contributed by atoms with van der Waals surface area (Å²) in [6, 6.07) is 9.43. The summed E-state index contributed by atoms with van der Waals surface area (Å²) in [6.45, 7) is 2.68. The minimum absolute atomic E-state index is 0.147. The van der Waals surface area contributed by atoms with Gasteiger partial charge in [-0.25, -0.2) is 0 Å². The van der Waals surface area contributed by atoms with Crippen LogP contribution in [0.25, 0.3) is 0 Å². The summed E-state index contributed by atoms with van der Waals surface area (Å²) < 4.78 is 7.12. The van der Waals surface area contributed by atoms with E-state index in [0.717, 1.165) is 20.2 Å². The van der Waals surface area contributed by atoms with Crippen LogP contribution < -0.4 is 10.1 Å². The van der Waals surface area contributed by atoms with Crippen LogP contribution in [0, 0.1) is 6.92 Å². The standard InChI is InChI=1S/C15H15Br2NO2/c1-9-5-11(16)15(12(17)6-9)18-8-10-3-4-13(19)14(7-10)20-2/h3-7,18-19H,8H2,1-2H3. The number of anilines is 1. The van der Waals surface area contributed by atoms with Crippen molar-refractivity contribution in [1.82, 2.24) is 0 Å². The number of aryl methyl sites for hydroxylation is 1. The number of rotatable bonds is 4. The van der Waals surface area contributed by atoms with Gasteiger partial charge in [0.15, 0.2) is 11.5 Å². The Morgan fingerprint density at radius 1 is 1.15 bits per heavy atom. The van der Waals surface area contributed by atoms with Gasteiger partial charge in [0.05, 0.1) is 12.8 Å². The number of phenols is 1. The Hall–Kier alpha value is -1.20. The Morgan fingerprint density at radius 3 is 2.40 bits per heavy atom. The number of phenolic OH excluding ortho intramolecular Hbond substituents is 1. The summed E-state index contributed by atoms with van der Waals surface area (Å²) in [5.74, 6) is 0.625. The van der Waals surface area contributed by atoms with Crippen molar-refractivity contribution < 1.29 is 9.84 Å². The third-order valence-corrected chi connectivity index (χ3v) is 4.15. The molecule has 0 bridgehead atoms. The van der Waals surface area contributed by atoms with Gasteiger partial charge in [-0.3, -0.25) is 0 Å². The first-order chi connectivity index (χ1) is 9.51. The van der Waals surface area contributed by atoms with E-state index in [1.54, 1.807) is 13.2 Å². The molecule has 5 heteroatoms. The lowest BCUT2D eigenvalue weighted by atomic mass is 10.2. The van der Waals surface area contributed by atoms with E-state index >= 15 is 0 Å². The maximum Gasteiger partial charge on any atom is 0.160 e. The highest BCUT2D eigenvalue weighted by Crippen LogP contribution is 2.33. The van der Waals surface area contributed by atoms with Crippen LogP contribution in [-0.4, -0.2) is 12.2 Å². The fraction of sp³-hybridized carbons (Fsp3) is 0.200. The van der Waals surface area contributed by atoms with Gasteiger partial charge in [-0.15, -0.1) is 0 Å². The molecule has 0 saturated heterocycles. The van der Waals surface area contributed by atoms with Crippen molar-refractivity contribution >= 4 is 37.5 Å². The third kappa shape index (κ3) is 3.46. The fourth-order valence-electron chi connectivity index (χ4n) is 1.89. The Balaban J connectivity index is 2.17. The molecule has 0 saturated carbocycles. The Kier molecular flexibility index (Phi) is 4.94. The van der Waals surface area contributed by atoms with E-state index < -0.39 is 0 Å². The molecule has 0 radical (unpaired) electrons. The third-order valence-electron chi connectivity index (χ3n) is 2.90. The van der Waals surface area contributed by atoms with Crippen molar-refractivity contribution in [1.29, 1.82) is 0 Å². The summed E-state index contributed by atoms with van der Waals surface area (Å²) >= 11 is 7.11. The van der Waals surface area contributed by atoms with Gasteiger partial charge >= 0.3 is 0 Å². The summed E-state index contributed by atoms with van der Waals surface area (Å²) in [4.78, 5) is 0. The van der Waals surface area contributed by atoms with Crippen LogP contribution in [0.5, 0.6) is 11.5 Å². The van der Waals surface area contributed by atoms with Crippen LogP contribution in [0.3, 0.4) is 0 Å². The number of ether oxygens (including phenoxy) is 1. The maximum atomic E-state index is 9.58. The number of methoxy groups -OCH3 is 1. The van der Waals surface area contributed by atoms with Gasteiger partial charge in [0.1, 0.15) is 0 Å². The van der Waals surface area contributed by atoms with Crippen LogP contribution in [0.4, 0.5) is 5.69 Å². The summed E-state index contributed by atoms with van der Waals surface area (Å²) in [7, 11) is 1.54. The highest BCUT2D eigenvalue weighted by atomic mass is 79.9. The molecule has 0 unspecified atom stereocenters. The predicted octanol–water partition coefficient (Wildman–Crippen LogP) is 4.85.